The number of piperidine rings is 1. The maximum absolute atomic E-state index is 13.0. The fraction of sp³-hybridized carbons (Fsp3) is 0.348. The average molecular weight is 457 g/mol. The number of nitrogens with two attached hydrogens (primary N) is 1. The molecule has 2 amide bonds. The van der Waals surface area contributed by atoms with Gasteiger partial charge in [-0.3, -0.25) is 9.59 Å². The Morgan fingerprint density at radius 3 is 2.69 bits per heavy atom. The molecule has 0 atom stereocenters. The van der Waals surface area contributed by atoms with Crippen LogP contribution in [-0.2, 0) is 0 Å². The van der Waals surface area contributed by atoms with Crippen molar-refractivity contribution in [3.63, 3.8) is 0 Å². The maximum Gasteiger partial charge on any atom is 0.258 e. The quantitative estimate of drug-likeness (QED) is 0.481. The minimum Gasteiger partial charge on any atom is -0.491 e. The van der Waals surface area contributed by atoms with Crippen LogP contribution < -0.4 is 20.5 Å². The minimum atomic E-state index is -0.861. The van der Waals surface area contributed by atoms with Gasteiger partial charge in [-0.05, 0) is 44.2 Å². The van der Waals surface area contributed by atoms with E-state index in [1.165, 1.54) is 6.07 Å². The molecule has 9 heteroatoms. The fourth-order valence-corrected chi connectivity index (χ4v) is 4.22. The molecule has 4 rings (SSSR count). The zero-order valence-corrected chi connectivity index (χ0v) is 18.7. The summed E-state index contributed by atoms with van der Waals surface area (Å²) in [5.74, 6) is 0.690. The number of ether oxygens (including phenoxy) is 2. The summed E-state index contributed by atoms with van der Waals surface area (Å²) in [6, 6.07) is 8.30. The third kappa shape index (κ3) is 4.10. The Morgan fingerprint density at radius 1 is 1.31 bits per heavy atom. The van der Waals surface area contributed by atoms with Crippen LogP contribution in [0.4, 0.5) is 5.69 Å². The van der Waals surface area contributed by atoms with Gasteiger partial charge >= 0.3 is 0 Å². The molecule has 168 valence electrons. The van der Waals surface area contributed by atoms with E-state index in [4.69, 9.17) is 32.2 Å². The van der Waals surface area contributed by atoms with Gasteiger partial charge in [0.15, 0.2) is 5.72 Å². The van der Waals surface area contributed by atoms with E-state index in [9.17, 15) is 9.59 Å². The molecule has 0 radical (unpaired) electrons. The van der Waals surface area contributed by atoms with Crippen molar-refractivity contribution in [2.24, 2.45) is 0 Å². The Balaban J connectivity index is 1.48. The van der Waals surface area contributed by atoms with E-state index < -0.39 is 5.72 Å². The SMILES string of the molecule is CC(C)Oc1ccc2c(c1)C(=O)NC1(CCN(C(=O)c3cc(Cl)c(N)c(C=N)c3)CC1)O2. The predicted octanol–water partition coefficient (Wildman–Crippen LogP) is 3.46. The van der Waals surface area contributed by atoms with Crippen LogP contribution in [0.3, 0.4) is 0 Å². The van der Waals surface area contributed by atoms with Gasteiger partial charge in [0.2, 0.25) is 0 Å². The van der Waals surface area contributed by atoms with Crippen molar-refractivity contribution in [3.05, 3.63) is 52.0 Å². The molecule has 2 aromatic carbocycles. The van der Waals surface area contributed by atoms with Crippen molar-refractivity contribution in [3.8, 4) is 11.5 Å². The smallest absolute Gasteiger partial charge is 0.258 e. The van der Waals surface area contributed by atoms with Crippen molar-refractivity contribution in [1.82, 2.24) is 10.2 Å². The Kier molecular flexibility index (Phi) is 5.73. The van der Waals surface area contributed by atoms with Gasteiger partial charge in [-0.25, -0.2) is 0 Å². The lowest BCUT2D eigenvalue weighted by Crippen LogP contribution is -2.61. The molecule has 1 saturated heterocycles. The molecule has 8 nitrogen and oxygen atoms in total. The molecule has 2 heterocycles. The van der Waals surface area contributed by atoms with Crippen LogP contribution in [0.2, 0.25) is 5.02 Å². The van der Waals surface area contributed by atoms with Crippen molar-refractivity contribution in [2.45, 2.75) is 38.5 Å². The number of anilines is 1. The summed E-state index contributed by atoms with van der Waals surface area (Å²) in [6.45, 7) is 4.63. The van der Waals surface area contributed by atoms with Crippen LogP contribution in [0.25, 0.3) is 0 Å². The number of carbonyl (C=O) groups is 2. The van der Waals surface area contributed by atoms with Crippen LogP contribution in [-0.4, -0.2) is 47.8 Å². The number of rotatable bonds is 4. The predicted molar refractivity (Wildman–Crippen MR) is 122 cm³/mol. The van der Waals surface area contributed by atoms with Gasteiger partial charge in [-0.15, -0.1) is 0 Å². The first-order chi connectivity index (χ1) is 15.2. The van der Waals surface area contributed by atoms with E-state index in [0.29, 0.717) is 54.1 Å². The van der Waals surface area contributed by atoms with Gasteiger partial charge in [0.1, 0.15) is 11.5 Å². The van der Waals surface area contributed by atoms with E-state index in [1.54, 1.807) is 29.2 Å². The average Bonchev–Trinajstić information content (AvgIpc) is 2.76. The second-order valence-electron chi connectivity index (χ2n) is 8.27. The van der Waals surface area contributed by atoms with Crippen molar-refractivity contribution in [1.29, 1.82) is 5.41 Å². The molecule has 0 saturated carbocycles. The summed E-state index contributed by atoms with van der Waals surface area (Å²) in [4.78, 5) is 27.5. The molecule has 32 heavy (non-hydrogen) atoms. The third-order valence-corrected chi connectivity index (χ3v) is 5.95. The van der Waals surface area contributed by atoms with Crippen LogP contribution in [0, 0.1) is 5.41 Å². The number of benzene rings is 2. The Labute approximate surface area is 191 Å². The first-order valence-electron chi connectivity index (χ1n) is 10.4. The monoisotopic (exact) mass is 456 g/mol. The second kappa shape index (κ2) is 8.35. The van der Waals surface area contributed by atoms with Gasteiger partial charge in [0, 0.05) is 43.3 Å². The van der Waals surface area contributed by atoms with Gasteiger partial charge in [-0.2, -0.15) is 0 Å². The molecular formula is C23H25ClN4O4. The number of likely N-dealkylation sites (tertiary alicyclic amines) is 1. The largest absolute Gasteiger partial charge is 0.491 e. The van der Waals surface area contributed by atoms with E-state index in [1.807, 2.05) is 13.8 Å². The lowest BCUT2D eigenvalue weighted by Gasteiger charge is -2.44. The molecule has 0 aliphatic carbocycles. The fourth-order valence-electron chi connectivity index (χ4n) is 3.99. The Hall–Kier alpha value is -3.26. The highest BCUT2D eigenvalue weighted by molar-refractivity contribution is 6.34. The molecule has 0 aromatic heterocycles. The Morgan fingerprint density at radius 2 is 2.03 bits per heavy atom. The summed E-state index contributed by atoms with van der Waals surface area (Å²) in [7, 11) is 0. The molecule has 2 aromatic rings. The van der Waals surface area contributed by atoms with Gasteiger partial charge in [-0.1, -0.05) is 11.6 Å². The standard InChI is InChI=1S/C23H25ClN4O4/c1-13(2)31-16-3-4-19-17(11-16)21(29)27-23(32-19)5-7-28(8-6-23)22(30)14-9-15(12-25)20(26)18(24)10-14/h3-4,9-13,25H,5-8,26H2,1-2H3,(H,27,29). The molecule has 0 unspecified atom stereocenters. The Bertz CT molecular complexity index is 1090. The lowest BCUT2D eigenvalue weighted by atomic mass is 9.96. The minimum absolute atomic E-state index is 0.000140. The number of hydrogen-bond acceptors (Lipinski definition) is 6. The number of fused-ring (bicyclic) bond motifs is 1. The first-order valence-corrected chi connectivity index (χ1v) is 10.8. The summed E-state index contributed by atoms with van der Waals surface area (Å²) < 4.78 is 11.9. The van der Waals surface area contributed by atoms with Crippen LogP contribution in [0.5, 0.6) is 11.5 Å². The molecule has 1 fully saturated rings. The first kappa shape index (κ1) is 22.0. The molecule has 2 aliphatic rings. The number of nitrogen functional groups attached to an aromatic ring is 1. The zero-order chi connectivity index (χ0) is 23.0. The van der Waals surface area contributed by atoms with Crippen molar-refractivity contribution < 1.29 is 19.1 Å². The molecule has 1 spiro atoms. The van der Waals surface area contributed by atoms with Crippen LogP contribution in [0.1, 0.15) is 53.0 Å². The number of nitrogens with one attached hydrogen (secondary N) is 2. The summed E-state index contributed by atoms with van der Waals surface area (Å²) in [6.07, 6.45) is 1.95. The van der Waals surface area contributed by atoms with E-state index in [0.717, 1.165) is 6.21 Å². The van der Waals surface area contributed by atoms with Gasteiger partial charge in [0.05, 0.1) is 22.4 Å². The van der Waals surface area contributed by atoms with Crippen molar-refractivity contribution >= 4 is 35.3 Å². The highest BCUT2D eigenvalue weighted by Gasteiger charge is 2.43. The lowest BCUT2D eigenvalue weighted by molar-refractivity contribution is -0.0246. The summed E-state index contributed by atoms with van der Waals surface area (Å²) >= 11 is 6.12. The van der Waals surface area contributed by atoms with Crippen LogP contribution in [0.15, 0.2) is 30.3 Å². The van der Waals surface area contributed by atoms with Gasteiger partial charge < -0.3 is 30.8 Å². The number of carbonyl (C=O) groups excluding carboxylic acids is 2. The van der Waals surface area contributed by atoms with Crippen molar-refractivity contribution in [2.75, 3.05) is 18.8 Å². The third-order valence-electron chi connectivity index (χ3n) is 5.64. The zero-order valence-electron chi connectivity index (χ0n) is 17.9. The van der Waals surface area contributed by atoms with E-state index in [2.05, 4.69) is 5.32 Å². The van der Waals surface area contributed by atoms with Gasteiger partial charge in [0.25, 0.3) is 11.8 Å². The molecular weight excluding hydrogens is 432 g/mol. The highest BCUT2D eigenvalue weighted by atomic mass is 35.5. The maximum atomic E-state index is 13.0. The molecule has 4 N–H and O–H groups in total. The number of nitrogens with zero attached hydrogens (tertiary/aromatic N) is 1. The second-order valence-corrected chi connectivity index (χ2v) is 8.68. The molecule has 0 bridgehead atoms. The van der Waals surface area contributed by atoms with E-state index in [-0.39, 0.29) is 28.6 Å². The molecule has 2 aliphatic heterocycles. The summed E-state index contributed by atoms with van der Waals surface area (Å²) in [5, 5.41) is 10.7. The van der Waals surface area contributed by atoms with E-state index >= 15 is 0 Å². The number of halogens is 1. The number of hydrogen-bond donors (Lipinski definition) is 3. The highest BCUT2D eigenvalue weighted by Crippen LogP contribution is 2.36. The topological polar surface area (TPSA) is 118 Å². The normalized spacial score (nSPS) is 16.9. The number of amides is 2. The summed E-state index contributed by atoms with van der Waals surface area (Å²) in [5.41, 5.74) is 6.46. The van der Waals surface area contributed by atoms with Crippen LogP contribution >= 0.6 is 11.6 Å².